The van der Waals surface area contributed by atoms with E-state index in [1.54, 1.807) is 0 Å². The average Bonchev–Trinajstić information content (AvgIpc) is 2.41. The molecule has 1 saturated carbocycles. The van der Waals surface area contributed by atoms with E-state index in [0.29, 0.717) is 17.4 Å². The topological polar surface area (TPSA) is 37.3 Å². The standard InChI is InChI=1S/C16H21ClO2/c17-15-9-5-4-8-13(15)11-14(16(18)19)10-12-6-2-1-3-7-12/h4-5,8-9,12,14H,1-3,6-7,10-11H2,(H,18,19). The second kappa shape index (κ2) is 6.95. The number of aliphatic carboxylic acids is 1. The van der Waals surface area contributed by atoms with Gasteiger partial charge in [0.05, 0.1) is 5.92 Å². The Kier molecular flexibility index (Phi) is 5.26. The number of benzene rings is 1. The highest BCUT2D eigenvalue weighted by atomic mass is 35.5. The lowest BCUT2D eigenvalue weighted by Crippen LogP contribution is -2.21. The van der Waals surface area contributed by atoms with Gasteiger partial charge in [-0.05, 0) is 30.4 Å². The quantitative estimate of drug-likeness (QED) is 0.859. The van der Waals surface area contributed by atoms with Crippen LogP contribution in [0.4, 0.5) is 0 Å². The van der Waals surface area contributed by atoms with Crippen molar-refractivity contribution in [1.82, 2.24) is 0 Å². The highest BCUT2D eigenvalue weighted by molar-refractivity contribution is 6.31. The minimum absolute atomic E-state index is 0.303. The van der Waals surface area contributed by atoms with E-state index in [9.17, 15) is 9.90 Å². The summed E-state index contributed by atoms with van der Waals surface area (Å²) in [7, 11) is 0. The summed E-state index contributed by atoms with van der Waals surface area (Å²) in [6.07, 6.45) is 7.52. The van der Waals surface area contributed by atoms with Crippen LogP contribution >= 0.6 is 11.6 Å². The third-order valence-electron chi connectivity index (χ3n) is 4.12. The molecule has 0 radical (unpaired) electrons. The van der Waals surface area contributed by atoms with Gasteiger partial charge in [-0.2, -0.15) is 0 Å². The van der Waals surface area contributed by atoms with Crippen molar-refractivity contribution < 1.29 is 9.90 Å². The molecule has 0 aromatic heterocycles. The van der Waals surface area contributed by atoms with Crippen LogP contribution in [0.1, 0.15) is 44.1 Å². The number of halogens is 1. The lowest BCUT2D eigenvalue weighted by molar-refractivity contribution is -0.142. The SMILES string of the molecule is O=C(O)C(Cc1ccccc1Cl)CC1CCCCC1. The molecule has 1 aromatic rings. The molecule has 3 heteroatoms. The van der Waals surface area contributed by atoms with Crippen LogP contribution in [0.15, 0.2) is 24.3 Å². The second-order valence-electron chi connectivity index (χ2n) is 5.57. The van der Waals surface area contributed by atoms with E-state index < -0.39 is 5.97 Å². The maximum absolute atomic E-state index is 11.4. The van der Waals surface area contributed by atoms with Crippen molar-refractivity contribution in [2.45, 2.75) is 44.9 Å². The Morgan fingerprint density at radius 3 is 2.58 bits per heavy atom. The number of hydrogen-bond donors (Lipinski definition) is 1. The Hall–Kier alpha value is -1.02. The van der Waals surface area contributed by atoms with Gasteiger partial charge in [-0.15, -0.1) is 0 Å². The summed E-state index contributed by atoms with van der Waals surface area (Å²) in [5.74, 6) is -0.411. The first-order valence-electron chi connectivity index (χ1n) is 7.13. The smallest absolute Gasteiger partial charge is 0.306 e. The molecule has 1 aliphatic carbocycles. The van der Waals surface area contributed by atoms with Gasteiger partial charge in [-0.1, -0.05) is 61.9 Å². The first kappa shape index (κ1) is 14.4. The van der Waals surface area contributed by atoms with Crippen LogP contribution in [0.3, 0.4) is 0 Å². The van der Waals surface area contributed by atoms with Gasteiger partial charge >= 0.3 is 5.97 Å². The fourth-order valence-corrected chi connectivity index (χ4v) is 3.24. The second-order valence-corrected chi connectivity index (χ2v) is 5.98. The normalized spacial score (nSPS) is 18.2. The third kappa shape index (κ3) is 4.24. The van der Waals surface area contributed by atoms with Crippen LogP contribution in [0.2, 0.25) is 5.02 Å². The van der Waals surface area contributed by atoms with Gasteiger partial charge in [0, 0.05) is 5.02 Å². The monoisotopic (exact) mass is 280 g/mol. The summed E-state index contributed by atoms with van der Waals surface area (Å²) in [6.45, 7) is 0. The van der Waals surface area contributed by atoms with Crippen LogP contribution in [-0.4, -0.2) is 11.1 Å². The zero-order valence-corrected chi connectivity index (χ0v) is 11.9. The van der Waals surface area contributed by atoms with Crippen molar-refractivity contribution in [2.24, 2.45) is 11.8 Å². The molecular formula is C16H21ClO2. The van der Waals surface area contributed by atoms with Gasteiger partial charge in [-0.25, -0.2) is 0 Å². The predicted octanol–water partition coefficient (Wildman–Crippen LogP) is 4.55. The Morgan fingerprint density at radius 2 is 1.95 bits per heavy atom. The van der Waals surface area contributed by atoms with Crippen molar-refractivity contribution in [3.05, 3.63) is 34.9 Å². The number of carboxylic acid groups (broad SMARTS) is 1. The van der Waals surface area contributed by atoms with Crippen LogP contribution in [0.25, 0.3) is 0 Å². The number of carbonyl (C=O) groups is 1. The molecule has 19 heavy (non-hydrogen) atoms. The molecule has 1 unspecified atom stereocenters. The summed E-state index contributed by atoms with van der Waals surface area (Å²) in [6, 6.07) is 7.55. The minimum Gasteiger partial charge on any atom is -0.481 e. The van der Waals surface area contributed by atoms with Gasteiger partial charge in [0.2, 0.25) is 0 Å². The molecule has 0 spiro atoms. The molecule has 1 N–H and O–H groups in total. The maximum Gasteiger partial charge on any atom is 0.306 e. The van der Waals surface area contributed by atoms with Crippen molar-refractivity contribution in [3.8, 4) is 0 Å². The van der Waals surface area contributed by atoms with Crippen molar-refractivity contribution in [1.29, 1.82) is 0 Å². The Bertz CT molecular complexity index is 425. The lowest BCUT2D eigenvalue weighted by atomic mass is 9.81. The summed E-state index contributed by atoms with van der Waals surface area (Å²) in [5, 5.41) is 10.1. The highest BCUT2D eigenvalue weighted by Gasteiger charge is 2.24. The van der Waals surface area contributed by atoms with E-state index >= 15 is 0 Å². The van der Waals surface area contributed by atoms with E-state index in [4.69, 9.17) is 11.6 Å². The van der Waals surface area contributed by atoms with Crippen molar-refractivity contribution >= 4 is 17.6 Å². The Morgan fingerprint density at radius 1 is 1.26 bits per heavy atom. The summed E-state index contributed by atoms with van der Waals surface area (Å²) in [5.41, 5.74) is 0.951. The zero-order valence-electron chi connectivity index (χ0n) is 11.1. The highest BCUT2D eigenvalue weighted by Crippen LogP contribution is 2.31. The van der Waals surface area contributed by atoms with E-state index in [2.05, 4.69) is 0 Å². The van der Waals surface area contributed by atoms with Crippen LogP contribution < -0.4 is 0 Å². The molecular weight excluding hydrogens is 260 g/mol. The molecule has 2 nitrogen and oxygen atoms in total. The van der Waals surface area contributed by atoms with E-state index in [-0.39, 0.29) is 5.92 Å². The third-order valence-corrected chi connectivity index (χ3v) is 4.48. The summed E-state index contributed by atoms with van der Waals surface area (Å²) >= 11 is 6.12. The summed E-state index contributed by atoms with van der Waals surface area (Å²) in [4.78, 5) is 11.4. The molecule has 104 valence electrons. The molecule has 2 rings (SSSR count). The number of hydrogen-bond acceptors (Lipinski definition) is 1. The van der Waals surface area contributed by atoms with E-state index in [0.717, 1.165) is 12.0 Å². The first-order valence-corrected chi connectivity index (χ1v) is 7.51. The van der Waals surface area contributed by atoms with Gasteiger partial charge in [0.1, 0.15) is 0 Å². The van der Waals surface area contributed by atoms with Crippen LogP contribution in [-0.2, 0) is 11.2 Å². The van der Waals surface area contributed by atoms with Gasteiger partial charge in [0.15, 0.2) is 0 Å². The van der Waals surface area contributed by atoms with Gasteiger partial charge in [-0.3, -0.25) is 4.79 Å². The van der Waals surface area contributed by atoms with Gasteiger partial charge < -0.3 is 5.11 Å². The Balaban J connectivity index is 2.00. The van der Waals surface area contributed by atoms with Crippen molar-refractivity contribution in [3.63, 3.8) is 0 Å². The molecule has 1 aliphatic rings. The van der Waals surface area contributed by atoms with Gasteiger partial charge in [0.25, 0.3) is 0 Å². The zero-order chi connectivity index (χ0) is 13.7. The molecule has 0 bridgehead atoms. The molecule has 0 heterocycles. The van der Waals surface area contributed by atoms with E-state index in [1.807, 2.05) is 24.3 Å². The molecule has 0 saturated heterocycles. The molecule has 1 aromatic carbocycles. The number of carboxylic acids is 1. The molecule has 0 amide bonds. The van der Waals surface area contributed by atoms with Crippen LogP contribution in [0, 0.1) is 11.8 Å². The molecule has 1 atom stereocenters. The molecule has 1 fully saturated rings. The van der Waals surface area contributed by atoms with Crippen LogP contribution in [0.5, 0.6) is 0 Å². The fourth-order valence-electron chi connectivity index (χ4n) is 3.03. The largest absolute Gasteiger partial charge is 0.481 e. The van der Waals surface area contributed by atoms with E-state index in [1.165, 1.54) is 32.1 Å². The Labute approximate surface area is 119 Å². The first-order chi connectivity index (χ1) is 9.16. The minimum atomic E-state index is -0.689. The fraction of sp³-hybridized carbons (Fsp3) is 0.562. The van der Waals surface area contributed by atoms with Crippen molar-refractivity contribution in [2.75, 3.05) is 0 Å². The average molecular weight is 281 g/mol. The predicted molar refractivity (Wildman–Crippen MR) is 77.5 cm³/mol. The number of rotatable bonds is 5. The maximum atomic E-state index is 11.4. The lowest BCUT2D eigenvalue weighted by Gasteiger charge is -2.24. The summed E-state index contributed by atoms with van der Waals surface area (Å²) < 4.78 is 0. The molecule has 0 aliphatic heterocycles.